The molecule has 0 amide bonds. The smallest absolute Gasteiger partial charge is 0.119 e. The molecule has 0 aromatic heterocycles. The Bertz CT molecular complexity index is 331. The van der Waals surface area contributed by atoms with Gasteiger partial charge in [0.15, 0.2) is 0 Å². The Kier molecular flexibility index (Phi) is 5.34. The number of rotatable bonds is 6. The van der Waals surface area contributed by atoms with Gasteiger partial charge in [0.05, 0.1) is 6.61 Å². The lowest BCUT2D eigenvalue weighted by molar-refractivity contribution is 0.238. The normalized spacial score (nSPS) is 19.5. The highest BCUT2D eigenvalue weighted by atomic mass is 16.5. The number of ether oxygens (including phenoxy) is 2. The van der Waals surface area contributed by atoms with Crippen molar-refractivity contribution in [1.29, 1.82) is 0 Å². The summed E-state index contributed by atoms with van der Waals surface area (Å²) in [7, 11) is 0. The summed E-state index contributed by atoms with van der Waals surface area (Å²) in [6.45, 7) is 4.76. The van der Waals surface area contributed by atoms with E-state index in [9.17, 15) is 0 Å². The predicted molar refractivity (Wildman–Crippen MR) is 73.4 cm³/mol. The molecule has 1 aromatic rings. The molecule has 1 saturated heterocycles. The van der Waals surface area contributed by atoms with Crippen LogP contribution in [0.5, 0.6) is 11.5 Å². The van der Waals surface area contributed by atoms with Gasteiger partial charge in [0.25, 0.3) is 0 Å². The van der Waals surface area contributed by atoms with Gasteiger partial charge in [-0.1, -0.05) is 13.3 Å². The summed E-state index contributed by atoms with van der Waals surface area (Å²) < 4.78 is 11.3. The molecule has 100 valence electrons. The summed E-state index contributed by atoms with van der Waals surface area (Å²) in [5, 5.41) is 3.48. The molecule has 1 N–H and O–H groups in total. The number of hydrogen-bond acceptors (Lipinski definition) is 3. The highest BCUT2D eigenvalue weighted by Crippen LogP contribution is 2.18. The van der Waals surface area contributed by atoms with Crippen molar-refractivity contribution in [2.75, 3.05) is 19.8 Å². The van der Waals surface area contributed by atoms with Gasteiger partial charge in [-0.05, 0) is 50.1 Å². The van der Waals surface area contributed by atoms with Crippen LogP contribution in [0.15, 0.2) is 24.3 Å². The van der Waals surface area contributed by atoms with Crippen LogP contribution in [0.3, 0.4) is 0 Å². The zero-order valence-corrected chi connectivity index (χ0v) is 11.2. The van der Waals surface area contributed by atoms with Gasteiger partial charge in [-0.25, -0.2) is 0 Å². The van der Waals surface area contributed by atoms with Crippen LogP contribution in [-0.2, 0) is 0 Å². The van der Waals surface area contributed by atoms with Gasteiger partial charge in [-0.3, -0.25) is 0 Å². The zero-order valence-electron chi connectivity index (χ0n) is 11.2. The van der Waals surface area contributed by atoms with E-state index in [2.05, 4.69) is 12.2 Å². The minimum absolute atomic E-state index is 0.509. The fourth-order valence-electron chi connectivity index (χ4n) is 2.12. The Hall–Kier alpha value is -1.22. The molecule has 2 rings (SSSR count). The number of benzene rings is 1. The van der Waals surface area contributed by atoms with E-state index in [1.807, 2.05) is 24.3 Å². The molecule has 1 heterocycles. The first-order chi connectivity index (χ1) is 8.88. The third-order valence-electron chi connectivity index (χ3n) is 3.16. The van der Waals surface area contributed by atoms with Crippen LogP contribution in [-0.4, -0.2) is 25.8 Å². The van der Waals surface area contributed by atoms with Gasteiger partial charge in [0.1, 0.15) is 18.1 Å². The fourth-order valence-corrected chi connectivity index (χ4v) is 2.12. The van der Waals surface area contributed by atoms with Crippen molar-refractivity contribution in [2.24, 2.45) is 0 Å². The first-order valence-corrected chi connectivity index (χ1v) is 6.97. The maximum atomic E-state index is 5.79. The van der Waals surface area contributed by atoms with E-state index in [4.69, 9.17) is 9.47 Å². The van der Waals surface area contributed by atoms with Crippen LogP contribution < -0.4 is 14.8 Å². The molecule has 0 aliphatic carbocycles. The number of hydrogen-bond donors (Lipinski definition) is 1. The molecule has 18 heavy (non-hydrogen) atoms. The lowest BCUT2D eigenvalue weighted by Gasteiger charge is -2.23. The maximum absolute atomic E-state index is 5.79. The van der Waals surface area contributed by atoms with Crippen molar-refractivity contribution >= 4 is 0 Å². The molecule has 0 radical (unpaired) electrons. The summed E-state index contributed by atoms with van der Waals surface area (Å²) in [5.41, 5.74) is 0. The van der Waals surface area contributed by atoms with E-state index in [0.717, 1.165) is 37.7 Å². The van der Waals surface area contributed by atoms with E-state index >= 15 is 0 Å². The quantitative estimate of drug-likeness (QED) is 0.840. The van der Waals surface area contributed by atoms with Crippen LogP contribution >= 0.6 is 0 Å². The topological polar surface area (TPSA) is 30.5 Å². The largest absolute Gasteiger partial charge is 0.494 e. The first-order valence-electron chi connectivity index (χ1n) is 6.97. The maximum Gasteiger partial charge on any atom is 0.119 e. The molecule has 1 aliphatic heterocycles. The summed E-state index contributed by atoms with van der Waals surface area (Å²) in [5.74, 6) is 1.84. The van der Waals surface area contributed by atoms with E-state index in [1.165, 1.54) is 19.3 Å². The van der Waals surface area contributed by atoms with Crippen LogP contribution in [0.4, 0.5) is 0 Å². The summed E-state index contributed by atoms with van der Waals surface area (Å²) in [6, 6.07) is 8.41. The molecule has 1 atom stereocenters. The van der Waals surface area contributed by atoms with Gasteiger partial charge in [-0.15, -0.1) is 0 Å². The van der Waals surface area contributed by atoms with Crippen molar-refractivity contribution in [3.8, 4) is 11.5 Å². The summed E-state index contributed by atoms with van der Waals surface area (Å²) in [6.07, 6.45) is 4.86. The molecule has 1 fully saturated rings. The number of nitrogens with one attached hydrogen (secondary N) is 1. The van der Waals surface area contributed by atoms with Crippen LogP contribution in [0.1, 0.15) is 32.6 Å². The Morgan fingerprint density at radius 1 is 1.11 bits per heavy atom. The van der Waals surface area contributed by atoms with E-state index in [-0.39, 0.29) is 0 Å². The Morgan fingerprint density at radius 3 is 2.44 bits per heavy atom. The molecule has 0 saturated carbocycles. The second kappa shape index (κ2) is 7.27. The van der Waals surface area contributed by atoms with Gasteiger partial charge < -0.3 is 14.8 Å². The van der Waals surface area contributed by atoms with Crippen molar-refractivity contribution in [2.45, 2.75) is 38.6 Å². The average molecular weight is 249 g/mol. The molecular weight excluding hydrogens is 226 g/mol. The van der Waals surface area contributed by atoms with Crippen molar-refractivity contribution in [1.82, 2.24) is 5.32 Å². The zero-order chi connectivity index (χ0) is 12.6. The molecule has 0 spiro atoms. The first kappa shape index (κ1) is 13.2. The fraction of sp³-hybridized carbons (Fsp3) is 0.600. The van der Waals surface area contributed by atoms with Gasteiger partial charge in [0, 0.05) is 6.04 Å². The SMILES string of the molecule is CCCOc1ccc(OCC2CCCCN2)cc1. The minimum atomic E-state index is 0.509. The second-order valence-electron chi connectivity index (χ2n) is 4.78. The summed E-state index contributed by atoms with van der Waals surface area (Å²) in [4.78, 5) is 0. The highest BCUT2D eigenvalue weighted by molar-refractivity contribution is 5.31. The van der Waals surface area contributed by atoms with Crippen molar-refractivity contribution < 1.29 is 9.47 Å². The van der Waals surface area contributed by atoms with E-state index < -0.39 is 0 Å². The average Bonchev–Trinajstić information content (AvgIpc) is 2.45. The highest BCUT2D eigenvalue weighted by Gasteiger charge is 2.12. The van der Waals surface area contributed by atoms with Gasteiger partial charge >= 0.3 is 0 Å². The third-order valence-corrected chi connectivity index (χ3v) is 3.16. The van der Waals surface area contributed by atoms with Crippen LogP contribution in [0.25, 0.3) is 0 Å². The van der Waals surface area contributed by atoms with Gasteiger partial charge in [-0.2, -0.15) is 0 Å². The Labute approximate surface area is 109 Å². The molecular formula is C15H23NO2. The lowest BCUT2D eigenvalue weighted by atomic mass is 10.1. The molecule has 1 aliphatic rings. The third kappa shape index (κ3) is 4.22. The molecule has 1 aromatic carbocycles. The summed E-state index contributed by atoms with van der Waals surface area (Å²) >= 11 is 0. The molecule has 3 heteroatoms. The van der Waals surface area contributed by atoms with Crippen molar-refractivity contribution in [3.05, 3.63) is 24.3 Å². The molecule has 0 bridgehead atoms. The van der Waals surface area contributed by atoms with E-state index in [0.29, 0.717) is 6.04 Å². The van der Waals surface area contributed by atoms with Gasteiger partial charge in [0.2, 0.25) is 0 Å². The second-order valence-corrected chi connectivity index (χ2v) is 4.78. The lowest BCUT2D eigenvalue weighted by Crippen LogP contribution is -2.38. The molecule has 1 unspecified atom stereocenters. The standard InChI is InChI=1S/C15H23NO2/c1-2-11-17-14-6-8-15(9-7-14)18-12-13-5-3-4-10-16-13/h6-9,13,16H,2-5,10-12H2,1H3. The monoisotopic (exact) mass is 249 g/mol. The van der Waals surface area contributed by atoms with Crippen LogP contribution in [0.2, 0.25) is 0 Å². The number of piperidine rings is 1. The Morgan fingerprint density at radius 2 is 1.83 bits per heavy atom. The van der Waals surface area contributed by atoms with E-state index in [1.54, 1.807) is 0 Å². The minimum Gasteiger partial charge on any atom is -0.494 e. The Balaban J connectivity index is 1.75. The van der Waals surface area contributed by atoms with Crippen LogP contribution in [0, 0.1) is 0 Å². The molecule has 3 nitrogen and oxygen atoms in total. The predicted octanol–water partition coefficient (Wildman–Crippen LogP) is 3.00. The van der Waals surface area contributed by atoms with Crippen molar-refractivity contribution in [3.63, 3.8) is 0 Å².